The lowest BCUT2D eigenvalue weighted by molar-refractivity contribution is 0.438. The molecule has 55 heavy (non-hydrogen) atoms. The van der Waals surface area contributed by atoms with Crippen LogP contribution in [-0.2, 0) is 10.8 Å². The number of fused-ring (bicyclic) bond motifs is 18. The normalized spacial score (nSPS) is 16.7. The summed E-state index contributed by atoms with van der Waals surface area (Å²) in [4.78, 5) is 0. The van der Waals surface area contributed by atoms with E-state index < -0.39 is 10.8 Å². The number of ether oxygens (including phenoxy) is 1. The minimum atomic E-state index is -0.522. The van der Waals surface area contributed by atoms with Gasteiger partial charge in [-0.05, 0) is 89.2 Å². The first-order valence-corrected chi connectivity index (χ1v) is 19.3. The van der Waals surface area contributed by atoms with Gasteiger partial charge in [0, 0.05) is 16.7 Å². The van der Waals surface area contributed by atoms with E-state index in [1.165, 1.54) is 94.2 Å². The first kappa shape index (κ1) is 29.5. The third-order valence-electron chi connectivity index (χ3n) is 13.2. The maximum atomic E-state index is 7.21. The summed E-state index contributed by atoms with van der Waals surface area (Å²) < 4.78 is 7.21. The van der Waals surface area contributed by atoms with E-state index in [9.17, 15) is 0 Å². The van der Waals surface area contributed by atoms with Crippen molar-refractivity contribution in [1.29, 1.82) is 0 Å². The van der Waals surface area contributed by atoms with Crippen molar-refractivity contribution in [2.75, 3.05) is 0 Å². The summed E-state index contributed by atoms with van der Waals surface area (Å²) >= 11 is 0. The predicted molar refractivity (Wildman–Crippen MR) is 223 cm³/mol. The third-order valence-corrected chi connectivity index (χ3v) is 13.2. The number of rotatable bonds is 1. The summed E-state index contributed by atoms with van der Waals surface area (Å²) in [6.45, 7) is 0. The number of hydrogen-bond donors (Lipinski definition) is 0. The van der Waals surface area contributed by atoms with Crippen molar-refractivity contribution in [3.8, 4) is 56.0 Å². The van der Waals surface area contributed by atoms with Crippen molar-refractivity contribution in [1.82, 2.24) is 0 Å². The molecule has 1 unspecified atom stereocenters. The molecule has 0 N–H and O–H groups in total. The van der Waals surface area contributed by atoms with Crippen molar-refractivity contribution in [3.05, 3.63) is 239 Å². The molecule has 4 aliphatic rings. The van der Waals surface area contributed by atoms with Crippen LogP contribution in [0.4, 0.5) is 0 Å². The molecule has 3 aliphatic carbocycles. The Kier molecular flexibility index (Phi) is 5.56. The Hall–Kier alpha value is -6.96. The molecule has 9 aromatic rings. The lowest BCUT2D eigenvalue weighted by Gasteiger charge is -2.40. The van der Waals surface area contributed by atoms with Crippen molar-refractivity contribution in [3.63, 3.8) is 0 Å². The molecule has 0 radical (unpaired) electrons. The summed E-state index contributed by atoms with van der Waals surface area (Å²) in [5, 5.41) is 2.62. The van der Waals surface area contributed by atoms with Gasteiger partial charge in [0.1, 0.15) is 11.5 Å². The molecule has 1 heterocycles. The fourth-order valence-corrected chi connectivity index (χ4v) is 11.3. The fraction of sp³-hybridized carbons (Fsp3) is 0.0370. The molecule has 1 aliphatic heterocycles. The topological polar surface area (TPSA) is 9.23 Å². The average molecular weight is 697 g/mol. The Morgan fingerprint density at radius 2 is 0.691 bits per heavy atom. The largest absolute Gasteiger partial charge is 0.456 e. The quantitative estimate of drug-likeness (QED) is 0.166. The van der Waals surface area contributed by atoms with Gasteiger partial charge in [-0.3, -0.25) is 0 Å². The molecule has 9 aromatic carbocycles. The molecule has 0 saturated heterocycles. The highest BCUT2D eigenvalue weighted by Crippen LogP contribution is 2.66. The highest BCUT2D eigenvalue weighted by atomic mass is 16.5. The van der Waals surface area contributed by atoms with Crippen molar-refractivity contribution >= 4 is 10.8 Å². The summed E-state index contributed by atoms with van der Waals surface area (Å²) in [6.07, 6.45) is 0. The van der Waals surface area contributed by atoms with Crippen LogP contribution in [-0.4, -0.2) is 0 Å². The zero-order valence-corrected chi connectivity index (χ0v) is 29.9. The summed E-state index contributed by atoms with van der Waals surface area (Å²) in [7, 11) is 0. The van der Waals surface area contributed by atoms with Crippen LogP contribution in [0.3, 0.4) is 0 Å². The second-order valence-corrected chi connectivity index (χ2v) is 15.4. The molecule has 2 spiro atoms. The number of benzene rings is 9. The highest BCUT2D eigenvalue weighted by molar-refractivity contribution is 6.08. The van der Waals surface area contributed by atoms with Crippen LogP contribution in [0.2, 0.25) is 0 Å². The lowest BCUT2D eigenvalue weighted by atomic mass is 9.61. The van der Waals surface area contributed by atoms with E-state index in [1.807, 2.05) is 0 Å². The molecule has 0 fully saturated rings. The lowest BCUT2D eigenvalue weighted by Crippen LogP contribution is -2.32. The molecule has 254 valence electrons. The first-order valence-electron chi connectivity index (χ1n) is 19.3. The standard InChI is InChI=1S/C54H32O/c1-5-24-41-34(17-1)35-18-2-6-25-42(35)53(41)45-28-9-10-32-49(45)55-52-39(23-14-31-48(52)53)38-22-13-30-47-51(38)40-20-4-8-27-44(40)54(47)43-26-7-3-19-36(43)37-21-11-15-33-16-12-29-46(54)50(33)37/h1-32H. The smallest absolute Gasteiger partial charge is 0.140 e. The van der Waals surface area contributed by atoms with Crippen LogP contribution in [0.15, 0.2) is 194 Å². The molecule has 0 saturated carbocycles. The van der Waals surface area contributed by atoms with Gasteiger partial charge in [-0.15, -0.1) is 0 Å². The van der Waals surface area contributed by atoms with E-state index >= 15 is 0 Å². The van der Waals surface area contributed by atoms with Gasteiger partial charge in [-0.1, -0.05) is 188 Å². The zero-order chi connectivity index (χ0) is 35.9. The van der Waals surface area contributed by atoms with Gasteiger partial charge in [0.05, 0.1) is 10.8 Å². The van der Waals surface area contributed by atoms with Crippen LogP contribution in [0.1, 0.15) is 44.5 Å². The van der Waals surface area contributed by atoms with Gasteiger partial charge in [-0.2, -0.15) is 0 Å². The average Bonchev–Trinajstić information content (AvgIpc) is 3.72. The fourth-order valence-electron chi connectivity index (χ4n) is 11.3. The van der Waals surface area contributed by atoms with E-state index in [-0.39, 0.29) is 0 Å². The summed E-state index contributed by atoms with van der Waals surface area (Å²) in [5.41, 5.74) is 19.3. The van der Waals surface area contributed by atoms with Crippen molar-refractivity contribution < 1.29 is 4.74 Å². The maximum absolute atomic E-state index is 7.21. The first-order chi connectivity index (χ1) is 27.3. The van der Waals surface area contributed by atoms with Crippen molar-refractivity contribution in [2.24, 2.45) is 0 Å². The van der Waals surface area contributed by atoms with Gasteiger partial charge in [0.2, 0.25) is 0 Å². The van der Waals surface area contributed by atoms with Gasteiger partial charge < -0.3 is 4.74 Å². The van der Waals surface area contributed by atoms with Crippen LogP contribution < -0.4 is 4.74 Å². The second-order valence-electron chi connectivity index (χ2n) is 15.4. The molecule has 1 nitrogen and oxygen atoms in total. The summed E-state index contributed by atoms with van der Waals surface area (Å²) in [6, 6.07) is 72.3. The second kappa shape index (κ2) is 10.4. The zero-order valence-electron chi connectivity index (χ0n) is 29.9. The molecular formula is C54H32O. The van der Waals surface area contributed by atoms with Crippen LogP contribution in [0.25, 0.3) is 55.3 Å². The van der Waals surface area contributed by atoms with Crippen molar-refractivity contribution in [2.45, 2.75) is 10.8 Å². The molecule has 13 rings (SSSR count). The Bertz CT molecular complexity index is 3100. The number of hydrogen-bond acceptors (Lipinski definition) is 1. The van der Waals surface area contributed by atoms with Crippen LogP contribution >= 0.6 is 0 Å². The molecule has 1 heteroatoms. The third kappa shape index (κ3) is 3.38. The van der Waals surface area contributed by atoms with Crippen LogP contribution in [0, 0.1) is 0 Å². The number of para-hydroxylation sites is 2. The SMILES string of the molecule is c1ccc2c(c1)Oc1c(-c3cccc4c3-c3ccccc3C43c4ccccc4-c4cccc5cccc3c45)cccc1C21c2ccccc2-c2ccccc21. The molecular weight excluding hydrogens is 665 g/mol. The Labute approximate surface area is 319 Å². The van der Waals surface area contributed by atoms with E-state index in [0.717, 1.165) is 17.1 Å². The molecule has 0 aromatic heterocycles. The predicted octanol–water partition coefficient (Wildman–Crippen LogP) is 13.3. The highest BCUT2D eigenvalue weighted by Gasteiger charge is 2.53. The van der Waals surface area contributed by atoms with Gasteiger partial charge in [0.25, 0.3) is 0 Å². The van der Waals surface area contributed by atoms with Crippen LogP contribution in [0.5, 0.6) is 11.5 Å². The van der Waals surface area contributed by atoms with E-state index in [0.29, 0.717) is 0 Å². The summed E-state index contributed by atoms with van der Waals surface area (Å²) in [5.74, 6) is 1.83. The van der Waals surface area contributed by atoms with Gasteiger partial charge in [-0.25, -0.2) is 0 Å². The van der Waals surface area contributed by atoms with Gasteiger partial charge in [0.15, 0.2) is 0 Å². The monoisotopic (exact) mass is 696 g/mol. The molecule has 0 amide bonds. The molecule has 1 atom stereocenters. The van der Waals surface area contributed by atoms with E-state index in [1.54, 1.807) is 0 Å². The minimum Gasteiger partial charge on any atom is -0.456 e. The Balaban J connectivity index is 1.15. The minimum absolute atomic E-state index is 0.487. The molecule has 0 bridgehead atoms. The van der Waals surface area contributed by atoms with E-state index in [4.69, 9.17) is 4.74 Å². The Morgan fingerprint density at radius 1 is 0.273 bits per heavy atom. The Morgan fingerprint density at radius 3 is 1.38 bits per heavy atom. The maximum Gasteiger partial charge on any atom is 0.140 e. The van der Waals surface area contributed by atoms with Gasteiger partial charge >= 0.3 is 0 Å². The van der Waals surface area contributed by atoms with E-state index in [2.05, 4.69) is 194 Å².